The third kappa shape index (κ3) is 2.45. The van der Waals surface area contributed by atoms with E-state index < -0.39 is 11.9 Å². The third-order valence-electron chi connectivity index (χ3n) is 2.52. The molecule has 1 atom stereocenters. The van der Waals surface area contributed by atoms with Gasteiger partial charge in [-0.25, -0.2) is 0 Å². The Kier molecular flexibility index (Phi) is 4.17. The van der Waals surface area contributed by atoms with E-state index in [0.29, 0.717) is 17.9 Å². The van der Waals surface area contributed by atoms with Crippen LogP contribution in [0.5, 0.6) is 11.5 Å². The summed E-state index contributed by atoms with van der Waals surface area (Å²) in [6.45, 7) is 1.84. The van der Waals surface area contributed by atoms with Crippen molar-refractivity contribution in [3.63, 3.8) is 0 Å². The Morgan fingerprint density at radius 3 is 2.38 bits per heavy atom. The van der Waals surface area contributed by atoms with E-state index in [2.05, 4.69) is 0 Å². The summed E-state index contributed by atoms with van der Waals surface area (Å²) >= 11 is 0. The topological polar surface area (TPSA) is 55.8 Å². The first kappa shape index (κ1) is 12.4. The largest absolute Gasteiger partial charge is 0.493 e. The predicted octanol–water partition coefficient (Wildman–Crippen LogP) is 2.28. The average Bonchev–Trinajstić information content (AvgIpc) is 2.29. The predicted molar refractivity (Wildman–Crippen MR) is 60.2 cm³/mol. The molecule has 0 spiro atoms. The maximum atomic E-state index is 11.0. The molecule has 1 aromatic carbocycles. The molecular formula is C12H16O4. The number of benzene rings is 1. The van der Waals surface area contributed by atoms with E-state index in [9.17, 15) is 4.79 Å². The van der Waals surface area contributed by atoms with Crippen LogP contribution in [-0.2, 0) is 4.79 Å². The molecule has 1 N–H and O–H groups in total. The molecule has 4 nitrogen and oxygen atoms in total. The highest BCUT2D eigenvalue weighted by Gasteiger charge is 2.19. The van der Waals surface area contributed by atoms with E-state index in [4.69, 9.17) is 14.6 Å². The fourth-order valence-corrected chi connectivity index (χ4v) is 1.62. The van der Waals surface area contributed by atoms with Gasteiger partial charge in [0.15, 0.2) is 11.5 Å². The second-order valence-electron chi connectivity index (χ2n) is 3.41. The van der Waals surface area contributed by atoms with Crippen molar-refractivity contribution in [1.29, 1.82) is 0 Å². The van der Waals surface area contributed by atoms with Crippen LogP contribution in [0.1, 0.15) is 24.8 Å². The van der Waals surface area contributed by atoms with Crippen LogP contribution in [0.3, 0.4) is 0 Å². The summed E-state index contributed by atoms with van der Waals surface area (Å²) in [5, 5.41) is 9.04. The normalized spacial score (nSPS) is 11.9. The van der Waals surface area contributed by atoms with Gasteiger partial charge >= 0.3 is 5.97 Å². The molecule has 0 aromatic heterocycles. The second kappa shape index (κ2) is 5.39. The van der Waals surface area contributed by atoms with Gasteiger partial charge in [-0.05, 0) is 24.1 Å². The number of aliphatic carboxylic acids is 1. The average molecular weight is 224 g/mol. The number of ether oxygens (including phenoxy) is 2. The first-order valence-corrected chi connectivity index (χ1v) is 5.08. The van der Waals surface area contributed by atoms with E-state index in [1.54, 1.807) is 25.3 Å². The molecule has 0 saturated carbocycles. The lowest BCUT2D eigenvalue weighted by Crippen LogP contribution is -2.10. The van der Waals surface area contributed by atoms with Crippen molar-refractivity contribution in [2.24, 2.45) is 0 Å². The van der Waals surface area contributed by atoms with E-state index in [0.717, 1.165) is 5.56 Å². The van der Waals surface area contributed by atoms with Crippen LogP contribution < -0.4 is 9.47 Å². The van der Waals surface area contributed by atoms with Gasteiger partial charge in [0.25, 0.3) is 0 Å². The molecule has 0 radical (unpaired) electrons. The molecule has 1 rings (SSSR count). The van der Waals surface area contributed by atoms with Gasteiger partial charge in [-0.2, -0.15) is 0 Å². The molecule has 0 aliphatic heterocycles. The van der Waals surface area contributed by atoms with Crippen LogP contribution in [-0.4, -0.2) is 25.3 Å². The maximum Gasteiger partial charge on any atom is 0.310 e. The molecule has 0 aliphatic carbocycles. The number of carboxylic acids is 1. The van der Waals surface area contributed by atoms with Crippen molar-refractivity contribution in [3.8, 4) is 11.5 Å². The molecule has 16 heavy (non-hydrogen) atoms. The number of rotatable bonds is 5. The van der Waals surface area contributed by atoms with Crippen molar-refractivity contribution in [1.82, 2.24) is 0 Å². The molecule has 0 heterocycles. The maximum absolute atomic E-state index is 11.0. The highest BCUT2D eigenvalue weighted by atomic mass is 16.5. The zero-order valence-electron chi connectivity index (χ0n) is 9.69. The van der Waals surface area contributed by atoms with Gasteiger partial charge in [0.05, 0.1) is 20.1 Å². The highest BCUT2D eigenvalue weighted by molar-refractivity contribution is 5.76. The van der Waals surface area contributed by atoms with Crippen LogP contribution in [0.4, 0.5) is 0 Å². The zero-order chi connectivity index (χ0) is 12.1. The van der Waals surface area contributed by atoms with Crippen molar-refractivity contribution in [2.75, 3.05) is 14.2 Å². The molecule has 4 heteroatoms. The van der Waals surface area contributed by atoms with Gasteiger partial charge < -0.3 is 14.6 Å². The smallest absolute Gasteiger partial charge is 0.310 e. The molecule has 0 amide bonds. The van der Waals surface area contributed by atoms with Crippen LogP contribution >= 0.6 is 0 Å². The quantitative estimate of drug-likeness (QED) is 0.833. The lowest BCUT2D eigenvalue weighted by Gasteiger charge is -2.13. The summed E-state index contributed by atoms with van der Waals surface area (Å²) in [7, 11) is 3.08. The van der Waals surface area contributed by atoms with Crippen molar-refractivity contribution in [3.05, 3.63) is 23.8 Å². The van der Waals surface area contributed by atoms with E-state index >= 15 is 0 Å². The minimum absolute atomic E-state index is 0.500. The Balaban J connectivity index is 3.11. The number of methoxy groups -OCH3 is 2. The Morgan fingerprint density at radius 1 is 1.31 bits per heavy atom. The minimum atomic E-state index is -0.824. The summed E-state index contributed by atoms with van der Waals surface area (Å²) in [6, 6.07) is 5.19. The lowest BCUT2D eigenvalue weighted by atomic mass is 9.96. The van der Waals surface area contributed by atoms with Gasteiger partial charge in [-0.3, -0.25) is 4.79 Å². The molecule has 88 valence electrons. The summed E-state index contributed by atoms with van der Waals surface area (Å²) in [6.07, 6.45) is 0.546. The summed E-state index contributed by atoms with van der Waals surface area (Å²) in [4.78, 5) is 11.0. The van der Waals surface area contributed by atoms with Gasteiger partial charge in [0, 0.05) is 0 Å². The summed E-state index contributed by atoms with van der Waals surface area (Å²) in [5.74, 6) is -0.166. The molecule has 0 unspecified atom stereocenters. The molecule has 0 fully saturated rings. The molecule has 1 aromatic rings. The van der Waals surface area contributed by atoms with Gasteiger partial charge in [-0.15, -0.1) is 0 Å². The fourth-order valence-electron chi connectivity index (χ4n) is 1.62. The standard InChI is InChI=1S/C12H16O4/c1-4-9(12(13)14)8-5-6-10(15-2)11(7-8)16-3/h5-7,9H,4H2,1-3H3,(H,13,14)/t9-/m1/s1. The van der Waals surface area contributed by atoms with Crippen molar-refractivity contribution >= 4 is 5.97 Å². The SMILES string of the molecule is CC[C@@H](C(=O)O)c1ccc(OC)c(OC)c1. The summed E-state index contributed by atoms with van der Waals surface area (Å²) in [5.41, 5.74) is 0.729. The monoisotopic (exact) mass is 224 g/mol. The number of hydrogen-bond acceptors (Lipinski definition) is 3. The lowest BCUT2D eigenvalue weighted by molar-refractivity contribution is -0.138. The molecule has 0 aliphatic rings. The Labute approximate surface area is 94.8 Å². The fraction of sp³-hybridized carbons (Fsp3) is 0.417. The zero-order valence-corrected chi connectivity index (χ0v) is 9.69. The van der Waals surface area contributed by atoms with E-state index in [1.807, 2.05) is 6.92 Å². The van der Waals surface area contributed by atoms with E-state index in [-0.39, 0.29) is 0 Å². The van der Waals surface area contributed by atoms with Crippen LogP contribution in [0.2, 0.25) is 0 Å². The van der Waals surface area contributed by atoms with Crippen molar-refractivity contribution < 1.29 is 19.4 Å². The second-order valence-corrected chi connectivity index (χ2v) is 3.41. The van der Waals surface area contributed by atoms with Crippen LogP contribution in [0.25, 0.3) is 0 Å². The highest BCUT2D eigenvalue weighted by Crippen LogP contribution is 2.31. The van der Waals surface area contributed by atoms with Crippen LogP contribution in [0, 0.1) is 0 Å². The Morgan fingerprint density at radius 2 is 1.94 bits per heavy atom. The molecular weight excluding hydrogens is 208 g/mol. The Bertz CT molecular complexity index is 373. The van der Waals surface area contributed by atoms with Gasteiger partial charge in [0.2, 0.25) is 0 Å². The van der Waals surface area contributed by atoms with Crippen molar-refractivity contribution in [2.45, 2.75) is 19.3 Å². The summed E-state index contributed by atoms with van der Waals surface area (Å²) < 4.78 is 10.2. The van der Waals surface area contributed by atoms with Crippen LogP contribution in [0.15, 0.2) is 18.2 Å². The third-order valence-corrected chi connectivity index (χ3v) is 2.52. The number of carboxylic acid groups (broad SMARTS) is 1. The Hall–Kier alpha value is -1.71. The number of hydrogen-bond donors (Lipinski definition) is 1. The minimum Gasteiger partial charge on any atom is -0.493 e. The van der Waals surface area contributed by atoms with E-state index in [1.165, 1.54) is 7.11 Å². The molecule has 0 saturated heterocycles. The number of carbonyl (C=O) groups is 1. The first-order valence-electron chi connectivity index (χ1n) is 5.08. The van der Waals surface area contributed by atoms with Gasteiger partial charge in [-0.1, -0.05) is 13.0 Å². The van der Waals surface area contributed by atoms with Gasteiger partial charge in [0.1, 0.15) is 0 Å². The first-order chi connectivity index (χ1) is 7.63. The molecule has 0 bridgehead atoms.